The molecular formula is C14H22O4. The summed E-state index contributed by atoms with van der Waals surface area (Å²) < 4.78 is 0. The maximum absolute atomic E-state index is 12.0. The molecule has 4 heteroatoms. The fourth-order valence-electron chi connectivity index (χ4n) is 3.90. The number of fused-ring (bicyclic) bond motifs is 1. The van der Waals surface area contributed by atoms with Crippen LogP contribution in [0.3, 0.4) is 0 Å². The van der Waals surface area contributed by atoms with Crippen LogP contribution in [0, 0.1) is 29.1 Å². The van der Waals surface area contributed by atoms with Gasteiger partial charge in [-0.15, -0.1) is 0 Å². The molecule has 2 saturated carbocycles. The maximum atomic E-state index is 12.0. The van der Waals surface area contributed by atoms with Crippen molar-refractivity contribution in [3.05, 3.63) is 0 Å². The van der Waals surface area contributed by atoms with E-state index in [-0.39, 0.29) is 17.3 Å². The second-order valence-electron chi connectivity index (χ2n) is 6.21. The van der Waals surface area contributed by atoms with Crippen molar-refractivity contribution in [2.45, 2.75) is 47.0 Å². The zero-order chi connectivity index (χ0) is 13.5. The Labute approximate surface area is 108 Å². The molecule has 0 aromatic rings. The van der Waals surface area contributed by atoms with Crippen molar-refractivity contribution in [3.63, 3.8) is 0 Å². The first-order valence-corrected chi connectivity index (χ1v) is 6.78. The summed E-state index contributed by atoms with van der Waals surface area (Å²) in [5.41, 5.74) is 0.0870. The number of carbonyl (C=O) groups excluding carboxylic acids is 2. The van der Waals surface area contributed by atoms with Crippen LogP contribution in [0.15, 0.2) is 0 Å². The molecule has 0 amide bonds. The SMILES string of the molecule is CC(=O)OOC(=O)C1C2CC(C)CCC21C(C)C. The van der Waals surface area contributed by atoms with Gasteiger partial charge >= 0.3 is 11.9 Å². The molecule has 4 atom stereocenters. The molecule has 4 nitrogen and oxygen atoms in total. The first kappa shape index (κ1) is 13.4. The first-order valence-electron chi connectivity index (χ1n) is 6.78. The summed E-state index contributed by atoms with van der Waals surface area (Å²) in [5.74, 6) is 0.515. The Bertz CT molecular complexity index is 363. The van der Waals surface area contributed by atoms with E-state index < -0.39 is 5.97 Å². The summed E-state index contributed by atoms with van der Waals surface area (Å²) in [4.78, 5) is 31.7. The number of hydrogen-bond acceptors (Lipinski definition) is 4. The number of rotatable bonds is 2. The monoisotopic (exact) mass is 254 g/mol. The lowest BCUT2D eigenvalue weighted by molar-refractivity contribution is -0.259. The van der Waals surface area contributed by atoms with Crippen molar-refractivity contribution in [3.8, 4) is 0 Å². The van der Waals surface area contributed by atoms with Crippen LogP contribution in [0.2, 0.25) is 0 Å². The summed E-state index contributed by atoms with van der Waals surface area (Å²) in [6, 6.07) is 0. The van der Waals surface area contributed by atoms with Gasteiger partial charge in [0.05, 0.1) is 5.92 Å². The van der Waals surface area contributed by atoms with Crippen molar-refractivity contribution in [1.82, 2.24) is 0 Å². The molecule has 0 bridgehead atoms. The van der Waals surface area contributed by atoms with Gasteiger partial charge < -0.3 is 0 Å². The Morgan fingerprint density at radius 3 is 2.50 bits per heavy atom. The molecule has 0 radical (unpaired) electrons. The molecule has 0 spiro atoms. The van der Waals surface area contributed by atoms with Gasteiger partial charge in [-0.2, -0.15) is 0 Å². The van der Waals surface area contributed by atoms with E-state index in [1.807, 2.05) is 0 Å². The van der Waals surface area contributed by atoms with Crippen LogP contribution in [0.5, 0.6) is 0 Å². The molecule has 4 unspecified atom stereocenters. The van der Waals surface area contributed by atoms with E-state index in [0.717, 1.165) is 12.8 Å². The fraction of sp³-hybridized carbons (Fsp3) is 0.857. The second-order valence-corrected chi connectivity index (χ2v) is 6.21. The highest BCUT2D eigenvalue weighted by Gasteiger charge is 2.70. The van der Waals surface area contributed by atoms with Crippen molar-refractivity contribution >= 4 is 11.9 Å². The fourth-order valence-corrected chi connectivity index (χ4v) is 3.90. The van der Waals surface area contributed by atoms with Crippen molar-refractivity contribution in [2.75, 3.05) is 0 Å². The summed E-state index contributed by atoms with van der Waals surface area (Å²) in [6.07, 6.45) is 3.33. The molecule has 2 rings (SSSR count). The molecule has 0 N–H and O–H groups in total. The third kappa shape index (κ3) is 2.02. The lowest BCUT2D eigenvalue weighted by Crippen LogP contribution is -2.22. The highest BCUT2D eigenvalue weighted by Crippen LogP contribution is 2.71. The molecule has 0 aromatic heterocycles. The average Bonchev–Trinajstić information content (AvgIpc) is 2.95. The lowest BCUT2D eigenvalue weighted by atomic mass is 9.76. The minimum Gasteiger partial charge on any atom is -0.248 e. The van der Waals surface area contributed by atoms with Gasteiger partial charge in [0.2, 0.25) is 0 Å². The van der Waals surface area contributed by atoms with Crippen molar-refractivity contribution < 1.29 is 19.4 Å². The van der Waals surface area contributed by atoms with E-state index in [1.54, 1.807) is 0 Å². The Morgan fingerprint density at radius 1 is 1.28 bits per heavy atom. The number of hydrogen-bond donors (Lipinski definition) is 0. The van der Waals surface area contributed by atoms with Crippen LogP contribution in [-0.2, 0) is 19.4 Å². The lowest BCUT2D eigenvalue weighted by Gasteiger charge is -2.29. The van der Waals surface area contributed by atoms with Crippen LogP contribution in [0.1, 0.15) is 47.0 Å². The molecular weight excluding hydrogens is 232 g/mol. The highest BCUT2D eigenvalue weighted by atomic mass is 17.2. The maximum Gasteiger partial charge on any atom is 0.359 e. The zero-order valence-electron chi connectivity index (χ0n) is 11.6. The van der Waals surface area contributed by atoms with E-state index in [9.17, 15) is 9.59 Å². The van der Waals surface area contributed by atoms with Crippen LogP contribution < -0.4 is 0 Å². The van der Waals surface area contributed by atoms with Gasteiger partial charge in [0.25, 0.3) is 0 Å². The Balaban J connectivity index is 2.05. The largest absolute Gasteiger partial charge is 0.359 e. The predicted octanol–water partition coefficient (Wildman–Crippen LogP) is 2.72. The molecule has 2 fully saturated rings. The Morgan fingerprint density at radius 2 is 1.94 bits per heavy atom. The van der Waals surface area contributed by atoms with Gasteiger partial charge in [-0.25, -0.2) is 19.4 Å². The predicted molar refractivity (Wildman–Crippen MR) is 65.1 cm³/mol. The molecule has 2 aliphatic rings. The van der Waals surface area contributed by atoms with Gasteiger partial charge in [-0.1, -0.05) is 27.2 Å². The highest BCUT2D eigenvalue weighted by molar-refractivity contribution is 5.78. The van der Waals surface area contributed by atoms with Crippen LogP contribution >= 0.6 is 0 Å². The molecule has 0 aliphatic heterocycles. The Kier molecular flexibility index (Phi) is 3.39. The van der Waals surface area contributed by atoms with Gasteiger partial charge in [0.1, 0.15) is 0 Å². The molecule has 0 saturated heterocycles. The van der Waals surface area contributed by atoms with E-state index in [4.69, 9.17) is 0 Å². The smallest absolute Gasteiger partial charge is 0.248 e. The summed E-state index contributed by atoms with van der Waals surface area (Å²) in [7, 11) is 0. The topological polar surface area (TPSA) is 52.6 Å². The molecule has 2 aliphatic carbocycles. The third-order valence-corrected chi connectivity index (χ3v) is 4.86. The normalized spacial score (nSPS) is 37.9. The Hall–Kier alpha value is -1.06. The van der Waals surface area contributed by atoms with E-state index >= 15 is 0 Å². The zero-order valence-corrected chi connectivity index (χ0v) is 11.6. The van der Waals surface area contributed by atoms with E-state index in [2.05, 4.69) is 30.5 Å². The molecule has 0 aromatic carbocycles. The first-order chi connectivity index (χ1) is 8.39. The van der Waals surface area contributed by atoms with Crippen LogP contribution in [0.4, 0.5) is 0 Å². The van der Waals surface area contributed by atoms with E-state index in [0.29, 0.717) is 17.8 Å². The average molecular weight is 254 g/mol. The summed E-state index contributed by atoms with van der Waals surface area (Å²) >= 11 is 0. The van der Waals surface area contributed by atoms with Crippen LogP contribution in [-0.4, -0.2) is 11.9 Å². The van der Waals surface area contributed by atoms with Gasteiger partial charge in [0, 0.05) is 6.92 Å². The minimum atomic E-state index is -0.584. The van der Waals surface area contributed by atoms with Gasteiger partial charge in [-0.05, 0) is 36.0 Å². The van der Waals surface area contributed by atoms with E-state index in [1.165, 1.54) is 13.3 Å². The summed E-state index contributed by atoms with van der Waals surface area (Å²) in [5, 5.41) is 0. The second kappa shape index (κ2) is 4.56. The molecule has 0 heterocycles. The van der Waals surface area contributed by atoms with Crippen molar-refractivity contribution in [2.24, 2.45) is 29.1 Å². The van der Waals surface area contributed by atoms with Crippen LogP contribution in [0.25, 0.3) is 0 Å². The summed E-state index contributed by atoms with van der Waals surface area (Å²) in [6.45, 7) is 7.80. The minimum absolute atomic E-state index is 0.0817. The molecule has 102 valence electrons. The molecule has 18 heavy (non-hydrogen) atoms. The van der Waals surface area contributed by atoms with Crippen molar-refractivity contribution in [1.29, 1.82) is 0 Å². The standard InChI is InChI=1S/C14H22O4/c1-8(2)14-6-5-9(3)7-11(14)12(14)13(16)18-17-10(4)15/h8-9,11-12H,5-7H2,1-4H3. The third-order valence-electron chi connectivity index (χ3n) is 4.86. The van der Waals surface area contributed by atoms with Gasteiger partial charge in [0.15, 0.2) is 0 Å². The quantitative estimate of drug-likeness (QED) is 0.561. The number of carbonyl (C=O) groups is 2. The van der Waals surface area contributed by atoms with Gasteiger partial charge in [-0.3, -0.25) is 0 Å².